The Labute approximate surface area is 191 Å². The van der Waals surface area contributed by atoms with Crippen LogP contribution in [0.15, 0.2) is 70.4 Å². The summed E-state index contributed by atoms with van der Waals surface area (Å²) in [5.74, 6) is 0.942. The molecule has 2 aromatic heterocycles. The van der Waals surface area contributed by atoms with Crippen molar-refractivity contribution in [2.24, 2.45) is 0 Å². The van der Waals surface area contributed by atoms with E-state index in [1.54, 1.807) is 42.4 Å². The van der Waals surface area contributed by atoms with E-state index < -0.39 is 0 Å². The van der Waals surface area contributed by atoms with Gasteiger partial charge in [0.25, 0.3) is 0 Å². The zero-order chi connectivity index (χ0) is 22.2. The van der Waals surface area contributed by atoms with Gasteiger partial charge in [0.05, 0.1) is 11.9 Å². The number of oxazole rings is 1. The Morgan fingerprint density at radius 2 is 1.97 bits per heavy atom. The second-order valence-corrected chi connectivity index (χ2v) is 8.64. The maximum Gasteiger partial charge on any atom is 0.218 e. The van der Waals surface area contributed by atoms with Gasteiger partial charge in [-0.3, -0.25) is 4.68 Å². The zero-order valence-electron chi connectivity index (χ0n) is 17.9. The van der Waals surface area contributed by atoms with Gasteiger partial charge >= 0.3 is 0 Å². The third-order valence-electron chi connectivity index (χ3n) is 5.02. The Kier molecular flexibility index (Phi) is 7.51. The fraction of sp³-hybridized carbons (Fsp3) is 0.240. The summed E-state index contributed by atoms with van der Waals surface area (Å²) in [7, 11) is 0. The molecule has 0 saturated carbocycles. The summed E-state index contributed by atoms with van der Waals surface area (Å²) < 4.78 is 21.3. The highest BCUT2D eigenvalue weighted by molar-refractivity contribution is 7.98. The predicted octanol–water partition coefficient (Wildman–Crippen LogP) is 6.20. The fourth-order valence-electron chi connectivity index (χ4n) is 3.26. The maximum absolute atomic E-state index is 13.9. The SMILES string of the molecule is Cc1ccc(/C=C/c2nc(CSc3ccc(CCCCn4ccnn4)cc3)co2)c(F)c1. The topological polar surface area (TPSA) is 56.7 Å². The molecule has 4 rings (SSSR count). The minimum atomic E-state index is -0.248. The van der Waals surface area contributed by atoms with Crippen molar-refractivity contribution < 1.29 is 8.81 Å². The number of aryl methyl sites for hydroxylation is 3. The normalized spacial score (nSPS) is 11.4. The van der Waals surface area contributed by atoms with Crippen LogP contribution < -0.4 is 0 Å². The molecular weight excluding hydrogens is 423 g/mol. The minimum Gasteiger partial charge on any atom is -0.445 e. The average Bonchev–Trinajstić information content (AvgIpc) is 3.48. The van der Waals surface area contributed by atoms with E-state index in [-0.39, 0.29) is 5.82 Å². The van der Waals surface area contributed by atoms with Crippen molar-refractivity contribution in [3.8, 4) is 0 Å². The number of unbranched alkanes of at least 4 members (excludes halogenated alkanes) is 1. The van der Waals surface area contributed by atoms with Gasteiger partial charge in [-0.05, 0) is 61.6 Å². The van der Waals surface area contributed by atoms with Crippen molar-refractivity contribution in [1.29, 1.82) is 0 Å². The van der Waals surface area contributed by atoms with Crippen molar-refractivity contribution in [3.05, 3.63) is 95.2 Å². The molecule has 0 spiro atoms. The van der Waals surface area contributed by atoms with Crippen LogP contribution in [-0.4, -0.2) is 20.0 Å². The van der Waals surface area contributed by atoms with Crippen LogP contribution in [0.25, 0.3) is 12.2 Å². The first-order valence-corrected chi connectivity index (χ1v) is 11.6. The third kappa shape index (κ3) is 6.40. The Morgan fingerprint density at radius 3 is 2.75 bits per heavy atom. The second kappa shape index (κ2) is 10.9. The number of aromatic nitrogens is 4. The van der Waals surface area contributed by atoms with E-state index in [9.17, 15) is 4.39 Å². The van der Waals surface area contributed by atoms with Gasteiger partial charge in [0.1, 0.15) is 12.1 Å². The van der Waals surface area contributed by atoms with Gasteiger partial charge in [-0.2, -0.15) is 0 Å². The summed E-state index contributed by atoms with van der Waals surface area (Å²) in [6.45, 7) is 2.77. The van der Waals surface area contributed by atoms with Crippen LogP contribution in [-0.2, 0) is 18.7 Å². The van der Waals surface area contributed by atoms with E-state index in [1.165, 1.54) is 16.5 Å². The highest BCUT2D eigenvalue weighted by atomic mass is 32.2. The Hall–Kier alpha value is -3.19. The molecule has 2 heterocycles. The molecule has 0 atom stereocenters. The number of thioether (sulfide) groups is 1. The Bertz CT molecular complexity index is 1150. The van der Waals surface area contributed by atoms with Crippen LogP contribution in [0, 0.1) is 12.7 Å². The molecule has 0 radical (unpaired) electrons. The average molecular weight is 449 g/mol. The standard InChI is InChI=1S/C25H25FN4OS/c1-19-5-8-21(24(26)16-19)9-12-25-28-22(17-31-25)18-32-23-10-6-20(7-11-23)4-2-3-14-30-15-13-27-29-30/h5-13,15-17H,2-4,14,18H2,1H3/b12-9+. The van der Waals surface area contributed by atoms with Crippen LogP contribution in [0.5, 0.6) is 0 Å². The number of hydrogen-bond acceptors (Lipinski definition) is 5. The predicted molar refractivity (Wildman–Crippen MR) is 126 cm³/mol. The fourth-order valence-corrected chi connectivity index (χ4v) is 4.03. The quantitative estimate of drug-likeness (QED) is 0.214. The monoisotopic (exact) mass is 448 g/mol. The molecule has 0 aliphatic rings. The molecule has 0 fully saturated rings. The maximum atomic E-state index is 13.9. The zero-order valence-corrected chi connectivity index (χ0v) is 18.8. The first kappa shape index (κ1) is 22.0. The molecule has 0 saturated heterocycles. The van der Waals surface area contributed by atoms with E-state index >= 15 is 0 Å². The molecule has 164 valence electrons. The summed E-state index contributed by atoms with van der Waals surface area (Å²) in [6, 6.07) is 13.8. The molecule has 5 nitrogen and oxygen atoms in total. The highest BCUT2D eigenvalue weighted by Gasteiger charge is 2.04. The lowest BCUT2D eigenvalue weighted by Gasteiger charge is -2.04. The van der Waals surface area contributed by atoms with Crippen molar-refractivity contribution in [2.75, 3.05) is 0 Å². The third-order valence-corrected chi connectivity index (χ3v) is 6.06. The van der Waals surface area contributed by atoms with Crippen molar-refractivity contribution in [2.45, 2.75) is 43.4 Å². The molecule has 4 aromatic rings. The summed E-state index contributed by atoms with van der Waals surface area (Å²) in [6.07, 6.45) is 11.9. The van der Waals surface area contributed by atoms with Gasteiger partial charge in [-0.15, -0.1) is 16.9 Å². The smallest absolute Gasteiger partial charge is 0.218 e. The molecule has 2 aromatic carbocycles. The van der Waals surface area contributed by atoms with Crippen LogP contribution in [0.1, 0.15) is 41.1 Å². The van der Waals surface area contributed by atoms with Gasteiger partial charge in [0.2, 0.25) is 5.89 Å². The Balaban J connectivity index is 1.22. The van der Waals surface area contributed by atoms with Crippen molar-refractivity contribution >= 4 is 23.9 Å². The summed E-state index contributed by atoms with van der Waals surface area (Å²) in [5, 5.41) is 7.80. The summed E-state index contributed by atoms with van der Waals surface area (Å²) in [4.78, 5) is 5.66. The van der Waals surface area contributed by atoms with Crippen LogP contribution in [0.4, 0.5) is 4.39 Å². The largest absolute Gasteiger partial charge is 0.445 e. The van der Waals surface area contributed by atoms with Gasteiger partial charge < -0.3 is 4.42 Å². The van der Waals surface area contributed by atoms with Crippen molar-refractivity contribution in [1.82, 2.24) is 20.0 Å². The first-order chi connectivity index (χ1) is 15.7. The molecule has 0 bridgehead atoms. The molecule has 0 N–H and O–H groups in total. The second-order valence-electron chi connectivity index (χ2n) is 7.59. The highest BCUT2D eigenvalue weighted by Crippen LogP contribution is 2.24. The summed E-state index contributed by atoms with van der Waals surface area (Å²) >= 11 is 1.72. The minimum absolute atomic E-state index is 0.248. The van der Waals surface area contributed by atoms with Gasteiger partial charge in [-0.1, -0.05) is 29.5 Å². The van der Waals surface area contributed by atoms with E-state index in [0.717, 1.165) is 37.1 Å². The molecule has 0 aliphatic heterocycles. The van der Waals surface area contributed by atoms with Gasteiger partial charge in [0.15, 0.2) is 0 Å². The number of benzene rings is 2. The number of hydrogen-bond donors (Lipinski definition) is 0. The Morgan fingerprint density at radius 1 is 1.09 bits per heavy atom. The first-order valence-electron chi connectivity index (χ1n) is 10.6. The number of rotatable bonds is 10. The van der Waals surface area contributed by atoms with Gasteiger partial charge in [0, 0.05) is 35.0 Å². The van der Waals surface area contributed by atoms with Gasteiger partial charge in [-0.25, -0.2) is 9.37 Å². The number of halogens is 1. The lowest BCUT2D eigenvalue weighted by atomic mass is 10.1. The summed E-state index contributed by atoms with van der Waals surface area (Å²) in [5.41, 5.74) is 3.61. The van der Waals surface area contributed by atoms with Crippen LogP contribution >= 0.6 is 11.8 Å². The molecule has 0 amide bonds. The van der Waals surface area contributed by atoms with E-state index in [2.05, 4.69) is 39.6 Å². The lowest BCUT2D eigenvalue weighted by molar-refractivity contribution is 0.541. The van der Waals surface area contributed by atoms with Crippen LogP contribution in [0.3, 0.4) is 0 Å². The van der Waals surface area contributed by atoms with Crippen LogP contribution in [0.2, 0.25) is 0 Å². The van der Waals surface area contributed by atoms with E-state index in [0.29, 0.717) is 17.2 Å². The van der Waals surface area contributed by atoms with Crippen molar-refractivity contribution in [3.63, 3.8) is 0 Å². The van der Waals surface area contributed by atoms with E-state index in [1.807, 2.05) is 23.9 Å². The molecular formula is C25H25FN4OS. The lowest BCUT2D eigenvalue weighted by Crippen LogP contribution is -1.99. The molecule has 0 unspecified atom stereocenters. The molecule has 7 heteroatoms. The number of nitrogens with zero attached hydrogens (tertiary/aromatic N) is 4. The molecule has 0 aliphatic carbocycles. The van der Waals surface area contributed by atoms with E-state index in [4.69, 9.17) is 4.42 Å². The molecule has 32 heavy (non-hydrogen) atoms.